The van der Waals surface area contributed by atoms with Crippen molar-refractivity contribution in [3.05, 3.63) is 47.5 Å². The van der Waals surface area contributed by atoms with Gasteiger partial charge >= 0.3 is 0 Å². The molecule has 0 bridgehead atoms. The van der Waals surface area contributed by atoms with Crippen LogP contribution in [0, 0.1) is 11.8 Å². The molecule has 0 aromatic heterocycles. The van der Waals surface area contributed by atoms with E-state index in [4.69, 9.17) is 33.2 Å². The second kappa shape index (κ2) is 15.8. The largest absolute Gasteiger partial charge is 0.493 e. The van der Waals surface area contributed by atoms with Crippen LogP contribution in [-0.4, -0.2) is 148 Å². The third-order valence-electron chi connectivity index (χ3n) is 9.12. The maximum atomic E-state index is 10.4. The molecule has 3 heterocycles. The van der Waals surface area contributed by atoms with Crippen molar-refractivity contribution in [1.29, 1.82) is 0 Å². The molecule has 0 radical (unpaired) electrons. The molecular formula is C32H44O16. The van der Waals surface area contributed by atoms with Crippen LogP contribution in [0.15, 0.2) is 36.4 Å². The maximum Gasteiger partial charge on any atom is 0.229 e. The Kier molecular flexibility index (Phi) is 12.0. The van der Waals surface area contributed by atoms with Gasteiger partial charge in [-0.3, -0.25) is 0 Å². The highest BCUT2D eigenvalue weighted by Gasteiger charge is 2.46. The van der Waals surface area contributed by atoms with Crippen LogP contribution in [0.2, 0.25) is 0 Å². The Morgan fingerprint density at radius 3 is 1.65 bits per heavy atom. The average Bonchev–Trinajstić information content (AvgIpc) is 3.51. The monoisotopic (exact) mass is 684 g/mol. The number of aliphatic hydroxyl groups excluding tert-OH is 9. The van der Waals surface area contributed by atoms with E-state index in [1.54, 1.807) is 36.4 Å². The smallest absolute Gasteiger partial charge is 0.229 e. The average molecular weight is 685 g/mol. The minimum absolute atomic E-state index is 0.113. The number of rotatable bonds is 12. The van der Waals surface area contributed by atoms with Crippen LogP contribution < -0.4 is 18.9 Å². The van der Waals surface area contributed by atoms with Crippen molar-refractivity contribution in [2.24, 2.45) is 11.8 Å². The van der Waals surface area contributed by atoms with E-state index in [-0.39, 0.29) is 35.7 Å². The Morgan fingerprint density at radius 1 is 0.625 bits per heavy atom. The summed E-state index contributed by atoms with van der Waals surface area (Å²) in [5.41, 5.74) is 1.52. The number of benzene rings is 2. The van der Waals surface area contributed by atoms with Gasteiger partial charge in [0.1, 0.15) is 48.8 Å². The highest BCUT2D eigenvalue weighted by Crippen LogP contribution is 2.43. The fraction of sp³-hybridized carbons (Fsp3) is 0.625. The molecule has 13 atom stereocenters. The van der Waals surface area contributed by atoms with E-state index >= 15 is 0 Å². The Labute approximate surface area is 276 Å². The minimum Gasteiger partial charge on any atom is -0.493 e. The van der Waals surface area contributed by atoms with Crippen LogP contribution in [0.1, 0.15) is 17.2 Å². The highest BCUT2D eigenvalue weighted by atomic mass is 16.7. The lowest BCUT2D eigenvalue weighted by Gasteiger charge is -2.39. The summed E-state index contributed by atoms with van der Waals surface area (Å²) >= 11 is 0. The summed E-state index contributed by atoms with van der Waals surface area (Å²) in [6.45, 7) is -1.05. The van der Waals surface area contributed by atoms with Crippen molar-refractivity contribution in [3.63, 3.8) is 0 Å². The van der Waals surface area contributed by atoms with Gasteiger partial charge in [-0.15, -0.1) is 0 Å². The molecule has 0 unspecified atom stereocenters. The van der Waals surface area contributed by atoms with Gasteiger partial charge in [-0.1, -0.05) is 12.1 Å². The minimum atomic E-state index is -1.61. The van der Waals surface area contributed by atoms with E-state index in [2.05, 4.69) is 0 Å². The van der Waals surface area contributed by atoms with Crippen molar-refractivity contribution in [1.82, 2.24) is 0 Å². The Hall–Kier alpha value is -2.84. The van der Waals surface area contributed by atoms with Crippen molar-refractivity contribution in [2.45, 2.75) is 73.9 Å². The summed E-state index contributed by atoms with van der Waals surface area (Å²) in [5.74, 6) is 0.496. The van der Waals surface area contributed by atoms with E-state index in [1.807, 2.05) is 0 Å². The summed E-state index contributed by atoms with van der Waals surface area (Å²) in [6, 6.07) is 10.1. The van der Waals surface area contributed by atoms with Gasteiger partial charge < -0.3 is 79.1 Å². The fourth-order valence-corrected chi connectivity index (χ4v) is 6.30. The van der Waals surface area contributed by atoms with Crippen molar-refractivity contribution >= 4 is 0 Å². The molecule has 3 saturated heterocycles. The molecule has 48 heavy (non-hydrogen) atoms. The van der Waals surface area contributed by atoms with Gasteiger partial charge in [0.2, 0.25) is 12.6 Å². The lowest BCUT2D eigenvalue weighted by atomic mass is 9.84. The molecule has 16 heteroatoms. The van der Waals surface area contributed by atoms with Crippen LogP contribution in [-0.2, 0) is 20.6 Å². The van der Waals surface area contributed by atoms with Gasteiger partial charge in [-0.05, 0) is 47.7 Å². The molecule has 3 aliphatic rings. The molecule has 16 nitrogen and oxygen atoms in total. The second-order valence-electron chi connectivity index (χ2n) is 12.1. The second-order valence-corrected chi connectivity index (χ2v) is 12.1. The van der Waals surface area contributed by atoms with Crippen LogP contribution in [0.4, 0.5) is 0 Å². The molecule has 3 fully saturated rings. The predicted molar refractivity (Wildman–Crippen MR) is 161 cm³/mol. The molecule has 0 aliphatic carbocycles. The van der Waals surface area contributed by atoms with Gasteiger partial charge in [0.05, 0.1) is 40.1 Å². The number of aliphatic hydroxyl groups is 9. The molecule has 2 aromatic rings. The first-order valence-electron chi connectivity index (χ1n) is 15.6. The molecule has 3 aliphatic heterocycles. The molecule has 9 N–H and O–H groups in total. The summed E-state index contributed by atoms with van der Waals surface area (Å²) in [5, 5.41) is 90.4. The summed E-state index contributed by atoms with van der Waals surface area (Å²) in [6.07, 6.45) is -14.5. The summed E-state index contributed by atoms with van der Waals surface area (Å²) in [7, 11) is 2.85. The third kappa shape index (κ3) is 7.35. The van der Waals surface area contributed by atoms with Gasteiger partial charge in [0, 0.05) is 12.5 Å². The van der Waals surface area contributed by atoms with Gasteiger partial charge in [-0.2, -0.15) is 0 Å². The summed E-state index contributed by atoms with van der Waals surface area (Å²) in [4.78, 5) is 0. The van der Waals surface area contributed by atoms with E-state index in [1.165, 1.54) is 14.2 Å². The number of ether oxygens (including phenoxy) is 7. The molecule has 0 spiro atoms. The maximum absolute atomic E-state index is 10.4. The number of hydrogen-bond acceptors (Lipinski definition) is 16. The zero-order chi connectivity index (χ0) is 34.7. The molecule has 5 rings (SSSR count). The van der Waals surface area contributed by atoms with Crippen molar-refractivity contribution in [2.75, 3.05) is 40.6 Å². The van der Waals surface area contributed by atoms with E-state index in [0.717, 1.165) is 5.56 Å². The Balaban J connectivity index is 1.26. The van der Waals surface area contributed by atoms with Crippen LogP contribution in [0.25, 0.3) is 0 Å². The standard InChI is InChI=1S/C32H44O16/c1-42-20-8-14(3-5-18(20)45-31-28(40)26(38)24(36)22(11-34)47-31)7-16-13-44-30(17(16)10-33)15-4-6-19(21(9-15)43-2)46-32-29(41)27(39)25(37)23(12-35)48-32/h3-6,8-9,16-17,22-41H,7,10-13H2,1-2H3/t16-,17-,22+,23+,24+,25+,26-,27-,28+,29+,30+,31-,32-/m0/s1. The van der Waals surface area contributed by atoms with E-state index in [0.29, 0.717) is 24.3 Å². The normalized spacial score (nSPS) is 36.9. The third-order valence-corrected chi connectivity index (χ3v) is 9.12. The lowest BCUT2D eigenvalue weighted by molar-refractivity contribution is -0.277. The zero-order valence-electron chi connectivity index (χ0n) is 26.4. The molecule has 0 saturated carbocycles. The number of methoxy groups -OCH3 is 2. The van der Waals surface area contributed by atoms with Crippen molar-refractivity contribution in [3.8, 4) is 23.0 Å². The number of hydrogen-bond donors (Lipinski definition) is 9. The van der Waals surface area contributed by atoms with Crippen LogP contribution in [0.5, 0.6) is 23.0 Å². The summed E-state index contributed by atoms with van der Waals surface area (Å²) < 4.78 is 39.6. The first-order chi connectivity index (χ1) is 23.0. The topological polar surface area (TPSA) is 247 Å². The fourth-order valence-electron chi connectivity index (χ4n) is 6.30. The van der Waals surface area contributed by atoms with Crippen LogP contribution >= 0.6 is 0 Å². The lowest BCUT2D eigenvalue weighted by Crippen LogP contribution is -2.60. The molecule has 268 valence electrons. The van der Waals surface area contributed by atoms with Gasteiger partial charge in [0.25, 0.3) is 0 Å². The molecule has 2 aromatic carbocycles. The highest BCUT2D eigenvalue weighted by molar-refractivity contribution is 5.45. The molecule has 0 amide bonds. The first-order valence-corrected chi connectivity index (χ1v) is 15.6. The zero-order valence-corrected chi connectivity index (χ0v) is 26.4. The van der Waals surface area contributed by atoms with Gasteiger partial charge in [0.15, 0.2) is 23.0 Å². The Morgan fingerprint density at radius 2 is 1.15 bits per heavy atom. The van der Waals surface area contributed by atoms with Crippen molar-refractivity contribution < 1.29 is 79.1 Å². The quantitative estimate of drug-likeness (QED) is 0.113. The SMILES string of the molecule is COc1cc(C[C@H]2CO[C@H](c3ccc(O[C@H]4O[C@H](CO)[C@@H](O)[C@H](O)[C@H]4O)c(OC)c3)[C@H]2CO)ccc1O[C@H]1O[C@H](CO)[C@@H](O)[C@H](O)[C@H]1O. The van der Waals surface area contributed by atoms with Crippen LogP contribution in [0.3, 0.4) is 0 Å². The van der Waals surface area contributed by atoms with Gasteiger partial charge in [-0.25, -0.2) is 0 Å². The van der Waals surface area contributed by atoms with E-state index in [9.17, 15) is 46.0 Å². The molecular weight excluding hydrogens is 640 g/mol. The Bertz CT molecular complexity index is 1340. The first kappa shape index (κ1) is 36.4. The predicted octanol–water partition coefficient (Wildman–Crippen LogP) is -2.40. The van der Waals surface area contributed by atoms with E-state index < -0.39 is 80.7 Å².